The summed E-state index contributed by atoms with van der Waals surface area (Å²) in [5.74, 6) is 2.24. The van der Waals surface area contributed by atoms with Gasteiger partial charge in [0.1, 0.15) is 5.76 Å². The average molecular weight is 935 g/mol. The quantitative estimate of drug-likeness (QED) is 0.161. The lowest BCUT2D eigenvalue weighted by Crippen LogP contribution is -2.63. The first-order valence-electron chi connectivity index (χ1n) is 27.6. The highest BCUT2D eigenvalue weighted by Gasteiger charge is 2.54. The molecule has 0 bridgehead atoms. The molecule has 6 aliphatic rings. The molecule has 5 aromatic rings. The van der Waals surface area contributed by atoms with Gasteiger partial charge in [0.05, 0.1) is 5.69 Å². The average Bonchev–Trinajstić information content (AvgIpc) is 3.67. The molecule has 0 N–H and O–H groups in total. The van der Waals surface area contributed by atoms with Crippen molar-refractivity contribution in [1.29, 1.82) is 0 Å². The van der Waals surface area contributed by atoms with Crippen LogP contribution in [0.4, 0.5) is 34.3 Å². The summed E-state index contributed by atoms with van der Waals surface area (Å²) in [6.07, 6.45) is 9.34. The molecule has 0 spiro atoms. The van der Waals surface area contributed by atoms with Crippen LogP contribution in [0.2, 0.25) is 0 Å². The van der Waals surface area contributed by atoms with Gasteiger partial charge in [-0.25, -0.2) is 0 Å². The minimum Gasteiger partial charge on any atom is -0.444 e. The van der Waals surface area contributed by atoms with Gasteiger partial charge in [-0.3, -0.25) is 4.90 Å². The third-order valence-corrected chi connectivity index (χ3v) is 20.2. The summed E-state index contributed by atoms with van der Waals surface area (Å²) in [6.45, 7) is 51.9. The van der Waals surface area contributed by atoms with E-state index in [-0.39, 0.29) is 55.4 Å². The third kappa shape index (κ3) is 6.71. The summed E-state index contributed by atoms with van der Waals surface area (Å²) in [6, 6.07) is 21.1. The minimum atomic E-state index is -0.124. The largest absolute Gasteiger partial charge is 0.444 e. The van der Waals surface area contributed by atoms with Crippen molar-refractivity contribution in [2.24, 2.45) is 0 Å². The minimum absolute atomic E-state index is 0.00931. The van der Waals surface area contributed by atoms with Crippen molar-refractivity contribution in [2.45, 2.75) is 245 Å². The van der Waals surface area contributed by atoms with Crippen LogP contribution in [0.3, 0.4) is 0 Å². The van der Waals surface area contributed by atoms with Crippen molar-refractivity contribution >= 4 is 57.4 Å². The highest BCUT2D eigenvalue weighted by atomic mass is 16.4. The smallest absolute Gasteiger partial charge is 0.256 e. The fourth-order valence-electron chi connectivity index (χ4n) is 14.7. The summed E-state index contributed by atoms with van der Waals surface area (Å²) < 4.78 is 7.87. The number of aryl methyl sites for hydroxylation is 2. The maximum Gasteiger partial charge on any atom is 0.256 e. The highest BCUT2D eigenvalue weighted by Crippen LogP contribution is 2.58. The molecule has 70 heavy (non-hydrogen) atoms. The molecule has 0 atom stereocenters. The second-order valence-corrected chi connectivity index (χ2v) is 30.2. The lowest BCUT2D eigenvalue weighted by atomic mass is 9.32. The Kier molecular flexibility index (Phi) is 9.84. The standard InChI is InChI=1S/C66H87BN2O/c1-38-30-41-44(62(12,13)25-22-59(41,6)7)35-48(38)68-50-37-46-43(61(10,11)24-27-64(46,16)17)34-47(50)67-54-51(68)32-40(58(3,4)5)33-52(54)69(57-55(67)53-56(70-57)66(20,21)29-28-65(53,18)19)49-36-45-42(31-39(49)2)60(8,9)23-26-63(45,14)15/h30-37H,22-29H2,1-21H3. The van der Waals surface area contributed by atoms with E-state index in [1.165, 1.54) is 145 Å². The van der Waals surface area contributed by atoms with Crippen LogP contribution < -0.4 is 26.2 Å². The van der Waals surface area contributed by atoms with E-state index in [1.807, 2.05) is 0 Å². The lowest BCUT2D eigenvalue weighted by Gasteiger charge is -2.48. The molecule has 0 saturated heterocycles. The van der Waals surface area contributed by atoms with Crippen LogP contribution in [0, 0.1) is 13.8 Å². The van der Waals surface area contributed by atoms with Gasteiger partial charge in [0.15, 0.2) is 5.88 Å². The van der Waals surface area contributed by atoms with Crippen molar-refractivity contribution in [2.75, 3.05) is 9.80 Å². The van der Waals surface area contributed by atoms with Crippen molar-refractivity contribution < 1.29 is 4.42 Å². The molecule has 4 heteroatoms. The van der Waals surface area contributed by atoms with Gasteiger partial charge in [0.25, 0.3) is 6.71 Å². The zero-order valence-electron chi connectivity index (χ0n) is 47.7. The SMILES string of the molecule is Cc1cc2c(cc1N1c3cc4c(cc3B3c5c1cc(C(C)(C)C)cc5N(c1cc5c(cc1C)C(C)(C)CCC5(C)C)c1oc5c(c13)C(C)(C)CCC5(C)C)C(C)(C)CCC4(C)C)C(C)(C)CCC2(C)C. The third-order valence-electron chi connectivity index (χ3n) is 20.2. The molecule has 3 heterocycles. The van der Waals surface area contributed by atoms with E-state index in [2.05, 4.69) is 204 Å². The predicted molar refractivity (Wildman–Crippen MR) is 302 cm³/mol. The molecule has 0 amide bonds. The summed E-state index contributed by atoms with van der Waals surface area (Å²) >= 11 is 0. The maximum absolute atomic E-state index is 7.87. The Balaban J connectivity index is 1.33. The van der Waals surface area contributed by atoms with Crippen molar-refractivity contribution in [3.05, 3.63) is 110 Å². The van der Waals surface area contributed by atoms with E-state index in [0.29, 0.717) is 0 Å². The summed E-state index contributed by atoms with van der Waals surface area (Å²) in [7, 11) is 0. The normalized spacial score (nSPS) is 23.0. The number of rotatable bonds is 2. The first kappa shape index (κ1) is 48.1. The Hall–Kier alpha value is -4.18. The number of hydrogen-bond acceptors (Lipinski definition) is 3. The van der Waals surface area contributed by atoms with Crippen molar-refractivity contribution in [1.82, 2.24) is 0 Å². The van der Waals surface area contributed by atoms with Gasteiger partial charge in [-0.05, 0) is 211 Å². The number of fused-ring (bicyclic) bond motifs is 9. The summed E-state index contributed by atoms with van der Waals surface area (Å²) in [4.78, 5) is 5.46. The van der Waals surface area contributed by atoms with Gasteiger partial charge >= 0.3 is 0 Å². The first-order chi connectivity index (χ1) is 32.1. The van der Waals surface area contributed by atoms with Gasteiger partial charge in [-0.1, -0.05) is 150 Å². The highest BCUT2D eigenvalue weighted by molar-refractivity contribution is 7.00. The van der Waals surface area contributed by atoms with Gasteiger partial charge in [-0.2, -0.15) is 0 Å². The van der Waals surface area contributed by atoms with E-state index < -0.39 is 0 Å². The van der Waals surface area contributed by atoms with Gasteiger partial charge < -0.3 is 9.32 Å². The molecule has 1 aromatic heterocycles. The molecule has 4 aromatic carbocycles. The molecule has 0 saturated carbocycles. The number of furan rings is 1. The van der Waals surface area contributed by atoms with Crippen LogP contribution in [-0.4, -0.2) is 6.71 Å². The molecular weight excluding hydrogens is 848 g/mol. The topological polar surface area (TPSA) is 19.6 Å². The van der Waals surface area contributed by atoms with E-state index in [0.717, 1.165) is 18.7 Å². The summed E-state index contributed by atoms with van der Waals surface area (Å²) in [5.41, 5.74) is 25.5. The summed E-state index contributed by atoms with van der Waals surface area (Å²) in [5, 5.41) is 0. The second-order valence-electron chi connectivity index (χ2n) is 30.2. The molecule has 0 radical (unpaired) electrons. The molecule has 3 nitrogen and oxygen atoms in total. The van der Waals surface area contributed by atoms with E-state index >= 15 is 0 Å². The molecule has 11 rings (SSSR count). The van der Waals surface area contributed by atoms with E-state index in [1.54, 1.807) is 0 Å². The van der Waals surface area contributed by atoms with Crippen LogP contribution in [0.15, 0.2) is 52.9 Å². The Morgan fingerprint density at radius 3 is 1.20 bits per heavy atom. The second kappa shape index (κ2) is 14.3. The van der Waals surface area contributed by atoms with Gasteiger partial charge in [-0.15, -0.1) is 0 Å². The zero-order valence-corrected chi connectivity index (χ0v) is 47.7. The Bertz CT molecular complexity index is 3080. The maximum atomic E-state index is 7.87. The zero-order chi connectivity index (χ0) is 50.8. The molecule has 4 aliphatic carbocycles. The fourth-order valence-corrected chi connectivity index (χ4v) is 14.7. The van der Waals surface area contributed by atoms with Crippen LogP contribution in [0.25, 0.3) is 0 Å². The number of hydrogen-bond donors (Lipinski definition) is 0. The van der Waals surface area contributed by atoms with Crippen LogP contribution in [0.5, 0.6) is 0 Å². The fraction of sp³-hybridized carbons (Fsp3) is 0.576. The van der Waals surface area contributed by atoms with Gasteiger partial charge in [0, 0.05) is 28.2 Å². The Morgan fingerprint density at radius 2 is 0.757 bits per heavy atom. The molecule has 2 aliphatic heterocycles. The monoisotopic (exact) mass is 935 g/mol. The molecule has 0 unspecified atom stereocenters. The number of benzene rings is 4. The molecular formula is C66H87BN2O. The van der Waals surface area contributed by atoms with Crippen molar-refractivity contribution in [3.63, 3.8) is 0 Å². The molecule has 370 valence electrons. The predicted octanol–water partition coefficient (Wildman–Crippen LogP) is 16.7. The van der Waals surface area contributed by atoms with Gasteiger partial charge in [0.2, 0.25) is 0 Å². The first-order valence-corrected chi connectivity index (χ1v) is 27.6. The van der Waals surface area contributed by atoms with E-state index in [4.69, 9.17) is 4.42 Å². The van der Waals surface area contributed by atoms with E-state index in [9.17, 15) is 0 Å². The molecule has 0 fully saturated rings. The number of anilines is 6. The van der Waals surface area contributed by atoms with Crippen LogP contribution in [0.1, 0.15) is 244 Å². The Labute approximate surface area is 425 Å². The van der Waals surface area contributed by atoms with Crippen LogP contribution in [-0.2, 0) is 48.7 Å². The Morgan fingerprint density at radius 1 is 0.400 bits per heavy atom. The van der Waals surface area contributed by atoms with Crippen LogP contribution >= 0.6 is 0 Å². The number of nitrogens with zero attached hydrogens (tertiary/aromatic N) is 2. The lowest BCUT2D eigenvalue weighted by molar-refractivity contribution is 0.280. The van der Waals surface area contributed by atoms with Crippen molar-refractivity contribution in [3.8, 4) is 0 Å².